The van der Waals surface area contributed by atoms with Crippen LogP contribution in [0.5, 0.6) is 5.75 Å². The van der Waals surface area contributed by atoms with Gasteiger partial charge in [-0.1, -0.05) is 141 Å². The molecule has 0 saturated heterocycles. The second-order valence-electron chi connectivity index (χ2n) is 14.0. The molecule has 9 aromatic rings. The number of nitrogens with zero attached hydrogens (tertiary/aromatic N) is 1. The molecule has 0 amide bonds. The molecule has 0 atom stereocenters. The molecular formula is C50H37BBrN4O2S. The van der Waals surface area contributed by atoms with Crippen molar-refractivity contribution in [1.82, 2.24) is 0 Å². The molecule has 12 rings (SSSR count). The van der Waals surface area contributed by atoms with Gasteiger partial charge < -0.3 is 21.9 Å². The molecular weight excluding hydrogens is 811 g/mol. The van der Waals surface area contributed by atoms with Crippen molar-refractivity contribution in [3.63, 3.8) is 0 Å². The van der Waals surface area contributed by atoms with Crippen LogP contribution in [0.1, 0.15) is 7.43 Å². The third kappa shape index (κ3) is 6.34. The molecule has 3 aliphatic rings. The van der Waals surface area contributed by atoms with E-state index in [1.54, 1.807) is 0 Å². The molecule has 6 N–H and O–H groups in total. The zero-order valence-electron chi connectivity index (χ0n) is 30.9. The molecule has 0 aliphatic heterocycles. The number of anilines is 3. The summed E-state index contributed by atoms with van der Waals surface area (Å²) < 4.78 is 8.69. The summed E-state index contributed by atoms with van der Waals surface area (Å²) in [5.74, 6) is 0.413. The monoisotopic (exact) mass is 847 g/mol. The van der Waals surface area contributed by atoms with Crippen molar-refractivity contribution < 1.29 is 9.53 Å². The SMILES string of the molecule is C.Nc1c(Br)cc2c3c(cccc13)-c1ccccc1-2.Nc1c(OC=O)cc2c3c(cccc13)-c1ccccc1-2.Nc1ccc2c3c(cccc13)-c1ccccc1-2.[B]=NS. The standard InChI is InChI=1S/C17H11NO2.C16H10BrN.C16H11N.CH4.BHNS/c18-17-13-7-3-6-12-10-4-1-2-5-11(10)14(16(12)13)8-15(17)20-9-19;17-14-8-13-10-5-2-1-4-9(10)11-6-3-7-12(15(11)13)16(14)18;17-15-9-8-13-11-5-2-1-4-10(11)12-6-3-7-14(15)16(12)13;;1-2-3/h1-9H,18H2;1-8H,18H2;1-9H,17H2;1H4;3H. The number of benzene rings is 9. The van der Waals surface area contributed by atoms with Gasteiger partial charge in [-0.3, -0.25) is 4.79 Å². The number of halogens is 1. The van der Waals surface area contributed by atoms with Crippen molar-refractivity contribution >= 4 is 92.2 Å². The fourth-order valence-electron chi connectivity index (χ4n) is 8.71. The number of nitrogen functional groups attached to an aromatic ring is 3. The third-order valence-corrected chi connectivity index (χ3v) is 11.7. The Morgan fingerprint density at radius 2 is 0.847 bits per heavy atom. The summed E-state index contributed by atoms with van der Waals surface area (Å²) in [6.07, 6.45) is 0. The van der Waals surface area contributed by atoms with E-state index in [1.807, 2.05) is 36.4 Å². The van der Waals surface area contributed by atoms with E-state index in [0.29, 0.717) is 17.9 Å². The zero-order chi connectivity index (χ0) is 40.1. The molecule has 6 nitrogen and oxygen atoms in total. The van der Waals surface area contributed by atoms with Crippen molar-refractivity contribution in [1.29, 1.82) is 0 Å². The van der Waals surface area contributed by atoms with Crippen LogP contribution >= 0.6 is 28.7 Å². The maximum atomic E-state index is 10.6. The second kappa shape index (κ2) is 15.9. The van der Waals surface area contributed by atoms with Crippen LogP contribution < -0.4 is 21.9 Å². The summed E-state index contributed by atoms with van der Waals surface area (Å²) in [7, 11) is 4.34. The summed E-state index contributed by atoms with van der Waals surface area (Å²) >= 11 is 6.75. The van der Waals surface area contributed by atoms with E-state index in [9.17, 15) is 4.79 Å². The molecule has 0 bridgehead atoms. The molecule has 285 valence electrons. The van der Waals surface area contributed by atoms with Gasteiger partial charge in [0, 0.05) is 26.3 Å². The van der Waals surface area contributed by atoms with Gasteiger partial charge in [0.05, 0.1) is 11.4 Å². The predicted octanol–water partition coefficient (Wildman–Crippen LogP) is 13.3. The average Bonchev–Trinajstić information content (AvgIpc) is 3.88. The van der Waals surface area contributed by atoms with Crippen LogP contribution in [-0.2, 0) is 4.79 Å². The van der Waals surface area contributed by atoms with Crippen LogP contribution in [0.3, 0.4) is 0 Å². The molecule has 9 aromatic carbocycles. The summed E-state index contributed by atoms with van der Waals surface area (Å²) in [4.78, 5) is 10.6. The Balaban J connectivity index is 0.000000118. The van der Waals surface area contributed by atoms with E-state index >= 15 is 0 Å². The van der Waals surface area contributed by atoms with E-state index in [-0.39, 0.29) is 7.43 Å². The van der Waals surface area contributed by atoms with Crippen molar-refractivity contribution in [2.45, 2.75) is 7.43 Å². The summed E-state index contributed by atoms with van der Waals surface area (Å²) in [5.41, 5.74) is 35.5. The topological polar surface area (TPSA) is 117 Å². The first-order valence-corrected chi connectivity index (χ1v) is 19.7. The molecule has 9 heteroatoms. The fraction of sp³-hybridized carbons (Fsp3) is 0.0200. The van der Waals surface area contributed by atoms with E-state index < -0.39 is 0 Å². The first-order valence-electron chi connectivity index (χ1n) is 18.5. The molecule has 0 saturated carbocycles. The number of rotatable bonds is 2. The molecule has 0 unspecified atom stereocenters. The number of ether oxygens (including phenoxy) is 1. The van der Waals surface area contributed by atoms with Crippen molar-refractivity contribution in [2.75, 3.05) is 17.2 Å². The summed E-state index contributed by atoms with van der Waals surface area (Å²) in [6, 6.07) is 52.1. The van der Waals surface area contributed by atoms with E-state index in [0.717, 1.165) is 48.5 Å². The first-order chi connectivity index (χ1) is 28.4. The van der Waals surface area contributed by atoms with Gasteiger partial charge in [0.25, 0.3) is 6.47 Å². The second-order valence-corrected chi connectivity index (χ2v) is 15.1. The van der Waals surface area contributed by atoms with Gasteiger partial charge in [0.2, 0.25) is 0 Å². The molecule has 0 spiro atoms. The number of nitrogens with two attached hydrogens (primary N) is 3. The quantitative estimate of drug-likeness (QED) is 0.0598. The molecule has 1 radical (unpaired) electrons. The number of thiol groups is 1. The number of carbonyl (C=O) groups excluding carboxylic acids is 1. The molecule has 0 heterocycles. The Labute approximate surface area is 357 Å². The molecule has 3 aliphatic carbocycles. The van der Waals surface area contributed by atoms with Gasteiger partial charge in [-0.2, -0.15) is 0 Å². The minimum atomic E-state index is 0. The van der Waals surface area contributed by atoms with Crippen molar-refractivity contribution in [3.8, 4) is 72.5 Å². The molecule has 0 aromatic heterocycles. The van der Waals surface area contributed by atoms with E-state index in [1.165, 1.54) is 66.4 Å². The molecule has 59 heavy (non-hydrogen) atoms. The summed E-state index contributed by atoms with van der Waals surface area (Å²) in [5, 5.41) is 6.93. The van der Waals surface area contributed by atoms with Gasteiger partial charge in [-0.15, -0.1) is 0 Å². The fourth-order valence-corrected chi connectivity index (χ4v) is 9.16. The average molecular weight is 849 g/mol. The van der Waals surface area contributed by atoms with Gasteiger partial charge in [0.15, 0.2) is 5.75 Å². The van der Waals surface area contributed by atoms with Crippen LogP contribution in [0, 0.1) is 0 Å². The van der Waals surface area contributed by atoms with Crippen molar-refractivity contribution in [3.05, 3.63) is 156 Å². The maximum absolute atomic E-state index is 10.6. The van der Waals surface area contributed by atoms with Crippen LogP contribution in [0.15, 0.2) is 160 Å². The number of hydrogen-bond acceptors (Lipinski definition) is 7. The van der Waals surface area contributed by atoms with Gasteiger partial charge in [-0.25, -0.2) is 0 Å². The normalized spacial score (nSPS) is 11.1. The first kappa shape index (κ1) is 39.2. The van der Waals surface area contributed by atoms with Gasteiger partial charge >= 0.3 is 24.8 Å². The van der Waals surface area contributed by atoms with Gasteiger partial charge in [-0.05, 0) is 117 Å². The Bertz CT molecular complexity index is 3140. The Hall–Kier alpha value is -6.68. The Morgan fingerprint density at radius 3 is 1.31 bits per heavy atom. The van der Waals surface area contributed by atoms with E-state index in [2.05, 4.69) is 156 Å². The summed E-state index contributed by atoms with van der Waals surface area (Å²) in [6.45, 7) is 0.412. The Morgan fingerprint density at radius 1 is 0.492 bits per heavy atom. The van der Waals surface area contributed by atoms with Crippen LogP contribution in [0.2, 0.25) is 0 Å². The van der Waals surface area contributed by atoms with Crippen molar-refractivity contribution in [2.24, 2.45) is 4.30 Å². The molecule has 0 fully saturated rings. The zero-order valence-corrected chi connectivity index (χ0v) is 33.4. The number of carbonyl (C=O) groups is 1. The number of fused-ring (bicyclic) bond motifs is 9. The minimum absolute atomic E-state index is 0. The van der Waals surface area contributed by atoms with Crippen LogP contribution in [0.25, 0.3) is 99.1 Å². The van der Waals surface area contributed by atoms with Crippen LogP contribution in [0.4, 0.5) is 17.1 Å². The third-order valence-electron chi connectivity index (χ3n) is 11.1. The Kier molecular flexibility index (Phi) is 10.6. The van der Waals surface area contributed by atoms with Gasteiger partial charge in [0.1, 0.15) is 0 Å². The predicted molar refractivity (Wildman–Crippen MR) is 257 cm³/mol. The van der Waals surface area contributed by atoms with Crippen LogP contribution in [-0.4, -0.2) is 14.1 Å². The van der Waals surface area contributed by atoms with E-state index in [4.69, 9.17) is 21.9 Å². The number of hydrogen-bond donors (Lipinski definition) is 4.